The van der Waals surface area contributed by atoms with Gasteiger partial charge >= 0.3 is 6.18 Å². The summed E-state index contributed by atoms with van der Waals surface area (Å²) in [7, 11) is 0. The lowest BCUT2D eigenvalue weighted by Crippen LogP contribution is -2.10. The van der Waals surface area contributed by atoms with Gasteiger partial charge in [-0.05, 0) is 19.1 Å². The summed E-state index contributed by atoms with van der Waals surface area (Å²) < 4.78 is 36.7. The number of H-pyrrole nitrogens is 1. The van der Waals surface area contributed by atoms with Crippen molar-refractivity contribution in [1.29, 1.82) is 0 Å². The van der Waals surface area contributed by atoms with Crippen molar-refractivity contribution in [2.24, 2.45) is 0 Å². The molecule has 0 bridgehead atoms. The Morgan fingerprint density at radius 3 is 2.56 bits per heavy atom. The van der Waals surface area contributed by atoms with Crippen LogP contribution in [0.3, 0.4) is 0 Å². The van der Waals surface area contributed by atoms with Crippen LogP contribution in [-0.2, 0) is 12.7 Å². The monoisotopic (exact) mass is 257 g/mol. The first-order chi connectivity index (χ1) is 8.47. The van der Waals surface area contributed by atoms with Crippen molar-refractivity contribution >= 4 is 5.82 Å². The van der Waals surface area contributed by atoms with E-state index >= 15 is 0 Å². The van der Waals surface area contributed by atoms with E-state index in [2.05, 4.69) is 25.7 Å². The SMILES string of the molecule is Cc1[nH]ncc1CNc1ccc(C(F)(F)F)nn1. The van der Waals surface area contributed by atoms with Gasteiger partial charge in [0.15, 0.2) is 5.69 Å². The molecule has 0 radical (unpaired) electrons. The molecule has 0 aliphatic carbocycles. The van der Waals surface area contributed by atoms with E-state index in [1.54, 1.807) is 6.20 Å². The summed E-state index contributed by atoms with van der Waals surface area (Å²) in [6.07, 6.45) is -2.83. The molecule has 2 heterocycles. The fourth-order valence-corrected chi connectivity index (χ4v) is 1.32. The Labute approximate surface area is 100 Å². The molecule has 0 saturated carbocycles. The molecule has 0 aromatic carbocycles. The summed E-state index contributed by atoms with van der Waals surface area (Å²) in [6, 6.07) is 2.13. The Hall–Kier alpha value is -2.12. The molecule has 0 aliphatic rings. The summed E-state index contributed by atoms with van der Waals surface area (Å²) >= 11 is 0. The van der Waals surface area contributed by atoms with Gasteiger partial charge in [0.25, 0.3) is 0 Å². The van der Waals surface area contributed by atoms with E-state index in [9.17, 15) is 13.2 Å². The van der Waals surface area contributed by atoms with Crippen LogP contribution < -0.4 is 5.32 Å². The third-order valence-electron chi connectivity index (χ3n) is 2.35. The zero-order valence-electron chi connectivity index (χ0n) is 9.41. The van der Waals surface area contributed by atoms with E-state index in [1.807, 2.05) is 6.92 Å². The number of hydrogen-bond donors (Lipinski definition) is 2. The highest BCUT2D eigenvalue weighted by atomic mass is 19.4. The molecule has 0 saturated heterocycles. The molecule has 0 unspecified atom stereocenters. The molecule has 8 heteroatoms. The summed E-state index contributed by atoms with van der Waals surface area (Å²) in [5, 5.41) is 16.0. The van der Waals surface area contributed by atoms with Crippen molar-refractivity contribution in [3.8, 4) is 0 Å². The standard InChI is InChI=1S/C10H10F3N5/c1-6-7(5-15-16-6)4-14-9-3-2-8(17-18-9)10(11,12)13/h2-3,5H,4H2,1H3,(H,14,18)(H,15,16). The topological polar surface area (TPSA) is 66.5 Å². The van der Waals surface area contributed by atoms with E-state index < -0.39 is 11.9 Å². The predicted molar refractivity (Wildman–Crippen MR) is 57.7 cm³/mol. The molecular weight excluding hydrogens is 247 g/mol. The van der Waals surface area contributed by atoms with Gasteiger partial charge in [-0.15, -0.1) is 10.2 Å². The number of aromatic nitrogens is 4. The first-order valence-corrected chi connectivity index (χ1v) is 5.10. The smallest absolute Gasteiger partial charge is 0.364 e. The average molecular weight is 257 g/mol. The second-order valence-corrected chi connectivity index (χ2v) is 3.68. The Morgan fingerprint density at radius 1 is 1.28 bits per heavy atom. The van der Waals surface area contributed by atoms with Crippen LogP contribution in [0.15, 0.2) is 18.3 Å². The normalized spacial score (nSPS) is 11.6. The lowest BCUT2D eigenvalue weighted by molar-refractivity contribution is -0.141. The number of anilines is 1. The van der Waals surface area contributed by atoms with E-state index in [1.165, 1.54) is 6.07 Å². The maximum absolute atomic E-state index is 12.2. The molecule has 0 fully saturated rings. The molecule has 0 amide bonds. The van der Waals surface area contributed by atoms with Gasteiger partial charge in [0.2, 0.25) is 0 Å². The van der Waals surface area contributed by atoms with Crippen LogP contribution in [0.2, 0.25) is 0 Å². The number of nitrogens with zero attached hydrogens (tertiary/aromatic N) is 3. The number of rotatable bonds is 3. The van der Waals surface area contributed by atoms with Crippen molar-refractivity contribution in [1.82, 2.24) is 20.4 Å². The zero-order chi connectivity index (χ0) is 13.2. The maximum atomic E-state index is 12.2. The molecule has 5 nitrogen and oxygen atoms in total. The van der Waals surface area contributed by atoms with Crippen molar-refractivity contribution in [2.45, 2.75) is 19.6 Å². The largest absolute Gasteiger partial charge is 0.435 e. The van der Waals surface area contributed by atoms with Crippen LogP contribution in [0.5, 0.6) is 0 Å². The Kier molecular flexibility index (Phi) is 3.17. The Balaban J connectivity index is 2.01. The Bertz CT molecular complexity index is 517. The minimum atomic E-state index is -4.47. The van der Waals surface area contributed by atoms with Crippen molar-refractivity contribution < 1.29 is 13.2 Å². The number of halogens is 3. The molecular formula is C10H10F3N5. The van der Waals surface area contributed by atoms with E-state index in [0.717, 1.165) is 17.3 Å². The van der Waals surface area contributed by atoms with Gasteiger partial charge in [0.05, 0.1) is 6.20 Å². The van der Waals surface area contributed by atoms with Gasteiger partial charge in [0, 0.05) is 17.8 Å². The highest BCUT2D eigenvalue weighted by Gasteiger charge is 2.32. The first-order valence-electron chi connectivity index (χ1n) is 5.10. The minimum Gasteiger partial charge on any atom is -0.364 e. The molecule has 2 aromatic rings. The van der Waals surface area contributed by atoms with Crippen LogP contribution in [0.1, 0.15) is 17.0 Å². The minimum absolute atomic E-state index is 0.281. The third kappa shape index (κ3) is 2.76. The number of aromatic amines is 1. The second kappa shape index (κ2) is 4.63. The lowest BCUT2D eigenvalue weighted by Gasteiger charge is -2.06. The van der Waals surface area contributed by atoms with Crippen molar-refractivity contribution in [2.75, 3.05) is 5.32 Å². The summed E-state index contributed by atoms with van der Waals surface area (Å²) in [5.41, 5.74) is 0.798. The molecule has 0 atom stereocenters. The summed E-state index contributed by atoms with van der Waals surface area (Å²) in [4.78, 5) is 0. The van der Waals surface area contributed by atoms with Gasteiger partial charge in [-0.3, -0.25) is 5.10 Å². The third-order valence-corrected chi connectivity index (χ3v) is 2.35. The molecule has 2 N–H and O–H groups in total. The molecule has 0 spiro atoms. The van der Waals surface area contributed by atoms with E-state index in [-0.39, 0.29) is 5.82 Å². The molecule has 0 aliphatic heterocycles. The van der Waals surface area contributed by atoms with Gasteiger partial charge in [-0.25, -0.2) is 0 Å². The van der Waals surface area contributed by atoms with Gasteiger partial charge in [-0.2, -0.15) is 18.3 Å². The van der Waals surface area contributed by atoms with Gasteiger partial charge in [-0.1, -0.05) is 0 Å². The van der Waals surface area contributed by atoms with Crippen molar-refractivity contribution in [3.05, 3.63) is 35.3 Å². The highest BCUT2D eigenvalue weighted by Crippen LogP contribution is 2.27. The number of alkyl halides is 3. The first kappa shape index (κ1) is 12.3. The zero-order valence-corrected chi connectivity index (χ0v) is 9.41. The van der Waals surface area contributed by atoms with Gasteiger partial charge in [0.1, 0.15) is 5.82 Å². The number of hydrogen-bond acceptors (Lipinski definition) is 4. The second-order valence-electron chi connectivity index (χ2n) is 3.68. The molecule has 18 heavy (non-hydrogen) atoms. The fraction of sp³-hybridized carbons (Fsp3) is 0.300. The van der Waals surface area contributed by atoms with Gasteiger partial charge < -0.3 is 5.32 Å². The van der Waals surface area contributed by atoms with Crippen LogP contribution in [0, 0.1) is 6.92 Å². The van der Waals surface area contributed by atoms with E-state index in [4.69, 9.17) is 0 Å². The maximum Gasteiger partial charge on any atom is 0.435 e. The highest BCUT2D eigenvalue weighted by molar-refractivity contribution is 5.35. The Morgan fingerprint density at radius 2 is 2.06 bits per heavy atom. The van der Waals surface area contributed by atoms with Crippen molar-refractivity contribution in [3.63, 3.8) is 0 Å². The van der Waals surface area contributed by atoms with Crippen LogP contribution in [0.25, 0.3) is 0 Å². The molecule has 2 aromatic heterocycles. The summed E-state index contributed by atoms with van der Waals surface area (Å²) in [5.74, 6) is 0.281. The quantitative estimate of drug-likeness (QED) is 0.884. The summed E-state index contributed by atoms with van der Waals surface area (Å²) in [6.45, 7) is 2.27. The average Bonchev–Trinajstić information content (AvgIpc) is 2.72. The fourth-order valence-electron chi connectivity index (χ4n) is 1.32. The number of nitrogens with one attached hydrogen (secondary N) is 2. The van der Waals surface area contributed by atoms with Crippen LogP contribution >= 0.6 is 0 Å². The number of aryl methyl sites for hydroxylation is 1. The lowest BCUT2D eigenvalue weighted by atomic mass is 10.2. The van der Waals surface area contributed by atoms with E-state index in [0.29, 0.717) is 6.54 Å². The molecule has 96 valence electrons. The van der Waals surface area contributed by atoms with Crippen LogP contribution in [0.4, 0.5) is 19.0 Å². The molecule has 2 rings (SSSR count). The predicted octanol–water partition coefficient (Wildman–Crippen LogP) is 2.14. The van der Waals surface area contributed by atoms with Crippen LogP contribution in [-0.4, -0.2) is 20.4 Å².